The van der Waals surface area contributed by atoms with E-state index in [-0.39, 0.29) is 5.41 Å². The lowest BCUT2D eigenvalue weighted by Gasteiger charge is -2.32. The van der Waals surface area contributed by atoms with Crippen LogP contribution in [0.15, 0.2) is 30.5 Å². The number of benzene rings is 1. The molecule has 2 N–H and O–H groups in total. The van der Waals surface area contributed by atoms with Gasteiger partial charge in [0.25, 0.3) is 0 Å². The number of hydrogen-bond donors (Lipinski definition) is 1. The molecular weight excluding hydrogens is 262 g/mol. The van der Waals surface area contributed by atoms with Crippen LogP contribution in [0, 0.1) is 5.41 Å². The molecule has 0 aliphatic rings. The molecule has 0 radical (unpaired) electrons. The topological polar surface area (TPSA) is 51.4 Å². The Balaban J connectivity index is 2.44. The monoisotopic (exact) mass is 287 g/mol. The molecule has 114 valence electrons. The van der Waals surface area contributed by atoms with E-state index in [2.05, 4.69) is 36.7 Å². The first kappa shape index (κ1) is 15.6. The molecule has 0 unspecified atom stereocenters. The molecule has 2 rings (SSSR count). The normalized spacial score (nSPS) is 11.7. The Bertz CT molecular complexity index is 610. The average Bonchev–Trinajstić information content (AvgIpc) is 2.51. The van der Waals surface area contributed by atoms with E-state index >= 15 is 0 Å². The molecule has 1 heterocycles. The first-order valence-corrected chi connectivity index (χ1v) is 7.38. The summed E-state index contributed by atoms with van der Waals surface area (Å²) in [7, 11) is 1.69. The third-order valence-corrected chi connectivity index (χ3v) is 3.80. The number of ether oxygens (including phenoxy) is 1. The predicted octanol–water partition coefficient (Wildman–Crippen LogP) is 3.05. The zero-order valence-corrected chi connectivity index (χ0v) is 13.4. The number of nitrogens with two attached hydrogens (primary N) is 1. The Morgan fingerprint density at radius 1 is 1.29 bits per heavy atom. The highest BCUT2D eigenvalue weighted by molar-refractivity contribution is 5.93. The summed E-state index contributed by atoms with van der Waals surface area (Å²) in [4.78, 5) is 6.89. The van der Waals surface area contributed by atoms with Crippen LogP contribution in [0.1, 0.15) is 20.8 Å². The van der Waals surface area contributed by atoms with E-state index in [0.29, 0.717) is 6.54 Å². The Morgan fingerprint density at radius 2 is 2.05 bits per heavy atom. The van der Waals surface area contributed by atoms with Gasteiger partial charge in [-0.15, -0.1) is 0 Å². The fraction of sp³-hybridized carbons (Fsp3) is 0.471. The van der Waals surface area contributed by atoms with Crippen LogP contribution >= 0.6 is 0 Å². The van der Waals surface area contributed by atoms with Crippen LogP contribution in [-0.4, -0.2) is 31.7 Å². The number of hydrogen-bond acceptors (Lipinski definition) is 4. The molecule has 0 spiro atoms. The third kappa shape index (κ3) is 3.45. The number of aromatic nitrogens is 1. The minimum Gasteiger partial charge on any atom is -0.497 e. The largest absolute Gasteiger partial charge is 0.497 e. The van der Waals surface area contributed by atoms with Gasteiger partial charge in [0, 0.05) is 24.7 Å². The maximum Gasteiger partial charge on any atom is 0.136 e. The van der Waals surface area contributed by atoms with Crippen molar-refractivity contribution in [3.63, 3.8) is 0 Å². The fourth-order valence-electron chi connectivity index (χ4n) is 2.44. The average molecular weight is 287 g/mol. The van der Waals surface area contributed by atoms with E-state index in [1.165, 1.54) is 0 Å². The Kier molecular flexibility index (Phi) is 4.68. The smallest absolute Gasteiger partial charge is 0.136 e. The summed E-state index contributed by atoms with van der Waals surface area (Å²) >= 11 is 0. The lowest BCUT2D eigenvalue weighted by Crippen LogP contribution is -2.39. The summed E-state index contributed by atoms with van der Waals surface area (Å²) in [6.07, 6.45) is 1.86. The van der Waals surface area contributed by atoms with Crippen molar-refractivity contribution in [2.45, 2.75) is 20.8 Å². The van der Waals surface area contributed by atoms with Crippen molar-refractivity contribution < 1.29 is 4.74 Å². The number of anilines is 1. The van der Waals surface area contributed by atoms with E-state index in [1.807, 2.05) is 24.4 Å². The molecular formula is C17H25N3O. The Hall–Kier alpha value is -1.81. The Morgan fingerprint density at radius 3 is 2.67 bits per heavy atom. The van der Waals surface area contributed by atoms with Crippen LogP contribution in [0.5, 0.6) is 5.75 Å². The van der Waals surface area contributed by atoms with Gasteiger partial charge in [-0.25, -0.2) is 4.98 Å². The van der Waals surface area contributed by atoms with Crippen LogP contribution in [0.3, 0.4) is 0 Å². The second-order valence-corrected chi connectivity index (χ2v) is 6.10. The summed E-state index contributed by atoms with van der Waals surface area (Å²) in [5.74, 6) is 1.88. The van der Waals surface area contributed by atoms with E-state index in [1.54, 1.807) is 7.11 Å². The molecule has 0 saturated carbocycles. The van der Waals surface area contributed by atoms with Crippen molar-refractivity contribution in [1.29, 1.82) is 0 Å². The van der Waals surface area contributed by atoms with Gasteiger partial charge in [-0.2, -0.15) is 0 Å². The van der Waals surface area contributed by atoms with Gasteiger partial charge < -0.3 is 15.4 Å². The number of rotatable bonds is 6. The van der Waals surface area contributed by atoms with E-state index in [4.69, 9.17) is 10.5 Å². The molecule has 0 aliphatic heterocycles. The standard InChI is InChI=1S/C17H25N3O/c1-5-20(12-17(2,3)11-18)16-15-7-6-14(21-4)10-13(15)8-9-19-16/h6-10H,5,11-12,18H2,1-4H3. The number of nitrogens with zero attached hydrogens (tertiary/aromatic N) is 2. The third-order valence-electron chi connectivity index (χ3n) is 3.80. The molecule has 0 fully saturated rings. The van der Waals surface area contributed by atoms with Gasteiger partial charge in [-0.3, -0.25) is 0 Å². The lowest BCUT2D eigenvalue weighted by atomic mass is 9.93. The lowest BCUT2D eigenvalue weighted by molar-refractivity contribution is 0.379. The molecule has 1 aromatic heterocycles. The molecule has 0 saturated heterocycles. The molecule has 1 aromatic carbocycles. The zero-order valence-electron chi connectivity index (χ0n) is 13.4. The number of fused-ring (bicyclic) bond motifs is 1. The molecule has 0 aliphatic carbocycles. The Labute approximate surface area is 126 Å². The summed E-state index contributed by atoms with van der Waals surface area (Å²) in [6, 6.07) is 8.12. The first-order chi connectivity index (χ1) is 10.0. The maximum atomic E-state index is 5.87. The van der Waals surface area contributed by atoms with Crippen LogP contribution in [0.2, 0.25) is 0 Å². The van der Waals surface area contributed by atoms with Gasteiger partial charge in [-0.1, -0.05) is 13.8 Å². The molecule has 4 nitrogen and oxygen atoms in total. The van der Waals surface area contributed by atoms with Crippen molar-refractivity contribution in [2.24, 2.45) is 11.1 Å². The van der Waals surface area contributed by atoms with Gasteiger partial charge in [0.15, 0.2) is 0 Å². The van der Waals surface area contributed by atoms with Crippen LogP contribution in [0.4, 0.5) is 5.82 Å². The van der Waals surface area contributed by atoms with Crippen molar-refractivity contribution in [1.82, 2.24) is 4.98 Å². The highest BCUT2D eigenvalue weighted by atomic mass is 16.5. The van der Waals surface area contributed by atoms with Crippen molar-refractivity contribution in [2.75, 3.05) is 31.6 Å². The van der Waals surface area contributed by atoms with Gasteiger partial charge >= 0.3 is 0 Å². The summed E-state index contributed by atoms with van der Waals surface area (Å²) in [5, 5.41) is 2.29. The zero-order chi connectivity index (χ0) is 15.5. The van der Waals surface area contributed by atoms with Gasteiger partial charge in [0.1, 0.15) is 11.6 Å². The predicted molar refractivity (Wildman–Crippen MR) is 89.0 cm³/mol. The number of pyridine rings is 1. The van der Waals surface area contributed by atoms with Crippen molar-refractivity contribution in [3.8, 4) is 5.75 Å². The summed E-state index contributed by atoms with van der Waals surface area (Å²) < 4.78 is 5.30. The molecule has 0 atom stereocenters. The highest BCUT2D eigenvalue weighted by Gasteiger charge is 2.21. The van der Waals surface area contributed by atoms with E-state index in [9.17, 15) is 0 Å². The quantitative estimate of drug-likeness (QED) is 0.887. The number of methoxy groups -OCH3 is 1. The highest BCUT2D eigenvalue weighted by Crippen LogP contribution is 2.29. The van der Waals surface area contributed by atoms with Crippen LogP contribution < -0.4 is 15.4 Å². The second kappa shape index (κ2) is 6.31. The SMILES string of the molecule is CCN(CC(C)(C)CN)c1nccc2cc(OC)ccc12. The molecule has 0 bridgehead atoms. The van der Waals surface area contributed by atoms with Crippen LogP contribution in [0.25, 0.3) is 10.8 Å². The summed E-state index contributed by atoms with van der Waals surface area (Å²) in [5.41, 5.74) is 5.94. The minimum absolute atomic E-state index is 0.0618. The van der Waals surface area contributed by atoms with Crippen molar-refractivity contribution in [3.05, 3.63) is 30.5 Å². The van der Waals surface area contributed by atoms with Gasteiger partial charge in [0.05, 0.1) is 7.11 Å². The molecule has 2 aromatic rings. The summed E-state index contributed by atoms with van der Waals surface area (Å²) in [6.45, 7) is 8.96. The van der Waals surface area contributed by atoms with E-state index < -0.39 is 0 Å². The first-order valence-electron chi connectivity index (χ1n) is 7.38. The van der Waals surface area contributed by atoms with Crippen molar-refractivity contribution >= 4 is 16.6 Å². The van der Waals surface area contributed by atoms with Crippen LogP contribution in [-0.2, 0) is 0 Å². The molecule has 21 heavy (non-hydrogen) atoms. The van der Waals surface area contributed by atoms with Gasteiger partial charge in [-0.05, 0) is 48.5 Å². The maximum absolute atomic E-state index is 5.87. The molecule has 0 amide bonds. The minimum atomic E-state index is 0.0618. The fourth-order valence-corrected chi connectivity index (χ4v) is 2.44. The van der Waals surface area contributed by atoms with E-state index in [0.717, 1.165) is 35.4 Å². The van der Waals surface area contributed by atoms with Gasteiger partial charge in [0.2, 0.25) is 0 Å². The molecule has 4 heteroatoms. The second-order valence-electron chi connectivity index (χ2n) is 6.10.